The Bertz CT molecular complexity index is 930. The maximum atomic E-state index is 12.1. The topological polar surface area (TPSA) is 72.6 Å². The van der Waals surface area contributed by atoms with Crippen molar-refractivity contribution in [3.8, 4) is 0 Å². The summed E-state index contributed by atoms with van der Waals surface area (Å²) < 4.78 is 7.46. The number of amides is 1. The van der Waals surface area contributed by atoms with Crippen LogP contribution >= 0.6 is 0 Å². The Hall–Kier alpha value is -2.54. The van der Waals surface area contributed by atoms with E-state index in [4.69, 9.17) is 4.74 Å². The van der Waals surface area contributed by atoms with E-state index in [-0.39, 0.29) is 12.0 Å². The molecule has 1 fully saturated rings. The van der Waals surface area contributed by atoms with Crippen LogP contribution in [0.1, 0.15) is 30.9 Å². The van der Waals surface area contributed by atoms with E-state index in [1.807, 2.05) is 30.0 Å². The number of carbonyl (C=O) groups is 1. The second kappa shape index (κ2) is 6.40. The lowest BCUT2D eigenvalue weighted by Gasteiger charge is -2.24. The molecule has 3 aromatic rings. The van der Waals surface area contributed by atoms with Gasteiger partial charge in [-0.05, 0) is 41.8 Å². The van der Waals surface area contributed by atoms with Gasteiger partial charge in [-0.2, -0.15) is 4.52 Å². The number of benzene rings is 1. The highest BCUT2D eigenvalue weighted by Crippen LogP contribution is 2.23. The quantitative estimate of drug-likeness (QED) is 0.728. The van der Waals surface area contributed by atoms with Gasteiger partial charge in [0.1, 0.15) is 0 Å². The van der Waals surface area contributed by atoms with Crippen molar-refractivity contribution < 1.29 is 9.53 Å². The van der Waals surface area contributed by atoms with Crippen molar-refractivity contribution in [1.29, 1.82) is 0 Å². The van der Waals surface area contributed by atoms with Crippen LogP contribution in [0.3, 0.4) is 0 Å². The average Bonchev–Trinajstić information content (AvgIpc) is 3.25. The van der Waals surface area contributed by atoms with Crippen LogP contribution in [0.5, 0.6) is 0 Å². The summed E-state index contributed by atoms with van der Waals surface area (Å²) in [5.41, 5.74) is 3.75. The lowest BCUT2D eigenvalue weighted by molar-refractivity contribution is -0.131. The van der Waals surface area contributed by atoms with Crippen molar-refractivity contribution in [2.24, 2.45) is 0 Å². The van der Waals surface area contributed by atoms with Crippen molar-refractivity contribution >= 4 is 22.5 Å². The van der Waals surface area contributed by atoms with Gasteiger partial charge < -0.3 is 9.64 Å². The number of aromatic nitrogens is 4. The van der Waals surface area contributed by atoms with E-state index in [2.05, 4.69) is 21.6 Å². The van der Waals surface area contributed by atoms with E-state index in [0.29, 0.717) is 18.7 Å². The van der Waals surface area contributed by atoms with Gasteiger partial charge in [0.05, 0.1) is 11.6 Å². The fraction of sp³-hybridized carbons (Fsp3) is 0.444. The number of carbonyl (C=O) groups excluding carboxylic acids is 1. The summed E-state index contributed by atoms with van der Waals surface area (Å²) in [6.45, 7) is 5.50. The molecule has 1 aliphatic heterocycles. The van der Waals surface area contributed by atoms with Crippen molar-refractivity contribution in [3.63, 3.8) is 0 Å². The van der Waals surface area contributed by atoms with E-state index < -0.39 is 0 Å². The van der Waals surface area contributed by atoms with Gasteiger partial charge in [-0.25, -0.2) is 0 Å². The lowest BCUT2D eigenvalue weighted by atomic mass is 10.1. The molecule has 1 amide bonds. The van der Waals surface area contributed by atoms with E-state index in [0.717, 1.165) is 41.5 Å². The molecule has 0 spiro atoms. The summed E-state index contributed by atoms with van der Waals surface area (Å²) in [5.74, 6) is 0.0328. The second-order valence-corrected chi connectivity index (χ2v) is 6.63. The number of tetrazole rings is 1. The third kappa shape index (κ3) is 2.95. The number of hydrogen-bond acceptors (Lipinski definition) is 5. The fourth-order valence-corrected chi connectivity index (χ4v) is 3.54. The molecule has 25 heavy (non-hydrogen) atoms. The molecule has 3 heterocycles. The third-order valence-corrected chi connectivity index (χ3v) is 4.82. The summed E-state index contributed by atoms with van der Waals surface area (Å²) >= 11 is 0. The normalized spacial score (nSPS) is 17.4. The van der Waals surface area contributed by atoms with Crippen LogP contribution in [0.2, 0.25) is 0 Å². The number of pyridine rings is 1. The van der Waals surface area contributed by atoms with Gasteiger partial charge in [0.25, 0.3) is 0 Å². The van der Waals surface area contributed by atoms with E-state index in [1.54, 1.807) is 11.4 Å². The van der Waals surface area contributed by atoms with Crippen molar-refractivity contribution in [1.82, 2.24) is 24.9 Å². The minimum atomic E-state index is 0.0328. The molecule has 1 aliphatic rings. The molecule has 0 saturated carbocycles. The SMILES string of the molecule is CC(=O)N(Cc1cc2cccc(C)c2n2nnnc12)CC1CCCO1. The Morgan fingerprint density at radius 3 is 3.08 bits per heavy atom. The van der Waals surface area contributed by atoms with E-state index in [1.165, 1.54) is 0 Å². The molecule has 2 aromatic heterocycles. The Labute approximate surface area is 145 Å². The largest absolute Gasteiger partial charge is 0.376 e. The zero-order valence-electron chi connectivity index (χ0n) is 14.5. The van der Waals surface area contributed by atoms with Gasteiger partial charge in [0.2, 0.25) is 5.91 Å². The van der Waals surface area contributed by atoms with Gasteiger partial charge in [0, 0.05) is 37.6 Å². The smallest absolute Gasteiger partial charge is 0.219 e. The molecular weight excluding hydrogens is 318 g/mol. The predicted molar refractivity (Wildman–Crippen MR) is 93.1 cm³/mol. The highest BCUT2D eigenvalue weighted by atomic mass is 16.5. The zero-order valence-corrected chi connectivity index (χ0v) is 14.5. The van der Waals surface area contributed by atoms with Crippen molar-refractivity contribution in [2.75, 3.05) is 13.2 Å². The molecule has 4 rings (SSSR count). The molecule has 1 saturated heterocycles. The number of hydrogen-bond donors (Lipinski definition) is 0. The summed E-state index contributed by atoms with van der Waals surface area (Å²) in [5, 5.41) is 13.2. The average molecular weight is 339 g/mol. The van der Waals surface area contributed by atoms with Crippen LogP contribution in [0.25, 0.3) is 16.6 Å². The summed E-state index contributed by atoms with van der Waals surface area (Å²) in [6.07, 6.45) is 2.19. The van der Waals surface area contributed by atoms with Crippen LogP contribution in [-0.2, 0) is 16.1 Å². The minimum Gasteiger partial charge on any atom is -0.376 e. The second-order valence-electron chi connectivity index (χ2n) is 6.63. The first-order chi connectivity index (χ1) is 12.1. The number of para-hydroxylation sites is 1. The first-order valence-corrected chi connectivity index (χ1v) is 8.60. The number of aryl methyl sites for hydroxylation is 1. The summed E-state index contributed by atoms with van der Waals surface area (Å²) in [7, 11) is 0. The number of rotatable bonds is 4. The standard InChI is InChI=1S/C18H21N5O2/c1-12-5-3-6-14-9-15(18-19-20-21-23(18)17(12)14)10-22(13(2)24)11-16-7-4-8-25-16/h3,5-6,9,16H,4,7-8,10-11H2,1-2H3. The highest BCUT2D eigenvalue weighted by Gasteiger charge is 2.22. The lowest BCUT2D eigenvalue weighted by Crippen LogP contribution is -2.35. The summed E-state index contributed by atoms with van der Waals surface area (Å²) in [6, 6.07) is 8.19. The molecule has 7 heteroatoms. The maximum absolute atomic E-state index is 12.1. The van der Waals surface area contributed by atoms with Crippen LogP contribution in [0, 0.1) is 6.92 Å². The van der Waals surface area contributed by atoms with Gasteiger partial charge in [0.15, 0.2) is 5.65 Å². The highest BCUT2D eigenvalue weighted by molar-refractivity contribution is 5.86. The van der Waals surface area contributed by atoms with Crippen molar-refractivity contribution in [3.05, 3.63) is 35.4 Å². The summed E-state index contributed by atoms with van der Waals surface area (Å²) in [4.78, 5) is 14.0. The Balaban J connectivity index is 1.74. The van der Waals surface area contributed by atoms with Gasteiger partial charge in [-0.15, -0.1) is 5.10 Å². The monoisotopic (exact) mass is 339 g/mol. The fourth-order valence-electron chi connectivity index (χ4n) is 3.54. The maximum Gasteiger partial charge on any atom is 0.219 e. The van der Waals surface area contributed by atoms with Crippen LogP contribution in [0.15, 0.2) is 24.3 Å². The first kappa shape index (κ1) is 16.0. The van der Waals surface area contributed by atoms with E-state index >= 15 is 0 Å². The van der Waals surface area contributed by atoms with Crippen LogP contribution < -0.4 is 0 Å². The predicted octanol–water partition coefficient (Wildman–Crippen LogP) is 2.11. The van der Waals surface area contributed by atoms with Crippen LogP contribution in [0.4, 0.5) is 0 Å². The molecule has 0 N–H and O–H groups in total. The molecule has 1 aromatic carbocycles. The molecule has 0 aliphatic carbocycles. The zero-order chi connectivity index (χ0) is 17.4. The molecular formula is C18H21N5O2. The Kier molecular flexibility index (Phi) is 4.09. The van der Waals surface area contributed by atoms with E-state index in [9.17, 15) is 4.79 Å². The van der Waals surface area contributed by atoms with Gasteiger partial charge in [-0.3, -0.25) is 4.79 Å². The first-order valence-electron chi connectivity index (χ1n) is 8.60. The molecule has 1 atom stereocenters. The molecule has 7 nitrogen and oxygen atoms in total. The molecule has 1 unspecified atom stereocenters. The van der Waals surface area contributed by atoms with Gasteiger partial charge in [-0.1, -0.05) is 18.2 Å². The number of ether oxygens (including phenoxy) is 1. The van der Waals surface area contributed by atoms with Gasteiger partial charge >= 0.3 is 0 Å². The third-order valence-electron chi connectivity index (χ3n) is 4.82. The Morgan fingerprint density at radius 2 is 2.32 bits per heavy atom. The minimum absolute atomic E-state index is 0.0328. The number of fused-ring (bicyclic) bond motifs is 3. The molecule has 130 valence electrons. The van der Waals surface area contributed by atoms with Crippen molar-refractivity contribution in [2.45, 2.75) is 39.3 Å². The Morgan fingerprint density at radius 1 is 1.44 bits per heavy atom. The van der Waals surface area contributed by atoms with Crippen LogP contribution in [-0.4, -0.2) is 50.1 Å². The molecule has 0 radical (unpaired) electrons. The number of nitrogens with zero attached hydrogens (tertiary/aromatic N) is 5. The molecule has 0 bridgehead atoms.